The topological polar surface area (TPSA) is 18.5 Å². The highest BCUT2D eigenvalue weighted by Gasteiger charge is 2.67. The molecule has 2 aliphatic carbocycles. The molecule has 2 nitrogen and oxygen atoms in total. The van der Waals surface area contributed by atoms with E-state index in [9.17, 15) is 0 Å². The molecule has 0 amide bonds. The molecule has 1 saturated heterocycles. The van der Waals surface area contributed by atoms with E-state index in [1.54, 1.807) is 0 Å². The summed E-state index contributed by atoms with van der Waals surface area (Å²) >= 11 is 0. The van der Waals surface area contributed by atoms with Crippen LogP contribution in [-0.4, -0.2) is 18.3 Å². The molecule has 3 aliphatic rings. The van der Waals surface area contributed by atoms with E-state index in [0.29, 0.717) is 11.2 Å². The summed E-state index contributed by atoms with van der Waals surface area (Å²) in [6.45, 7) is 11.0. The third kappa shape index (κ3) is 1.69. The fourth-order valence-corrected chi connectivity index (χ4v) is 3.77. The first-order chi connectivity index (χ1) is 7.76. The molecule has 0 aromatic heterocycles. The van der Waals surface area contributed by atoms with E-state index in [-0.39, 0.29) is 18.3 Å². The minimum Gasteiger partial charge on any atom is -0.403 e. The van der Waals surface area contributed by atoms with Gasteiger partial charge in [0.2, 0.25) is 0 Å². The van der Waals surface area contributed by atoms with E-state index in [2.05, 4.69) is 34.6 Å². The molecular weight excluding hydrogens is 211 g/mol. The van der Waals surface area contributed by atoms with Crippen LogP contribution < -0.4 is 0 Å². The fraction of sp³-hybridized carbons (Fsp3) is 1.00. The summed E-state index contributed by atoms with van der Waals surface area (Å²) in [7, 11) is 0.0466. The second-order valence-corrected chi connectivity index (χ2v) is 7.65. The molecule has 0 bridgehead atoms. The molecule has 3 unspecified atom stereocenters. The van der Waals surface area contributed by atoms with Gasteiger partial charge in [-0.1, -0.05) is 13.3 Å². The van der Waals surface area contributed by atoms with Gasteiger partial charge in [-0.15, -0.1) is 0 Å². The first-order valence-corrected chi connectivity index (χ1v) is 7.11. The van der Waals surface area contributed by atoms with Gasteiger partial charge in [0.25, 0.3) is 0 Å². The van der Waals surface area contributed by atoms with Gasteiger partial charge in [0.05, 0.1) is 11.2 Å². The van der Waals surface area contributed by atoms with Crippen LogP contribution in [0.15, 0.2) is 0 Å². The van der Waals surface area contributed by atoms with E-state index in [0.717, 1.165) is 5.92 Å². The first kappa shape index (κ1) is 12.0. The van der Waals surface area contributed by atoms with E-state index in [4.69, 9.17) is 9.31 Å². The molecule has 0 N–H and O–H groups in total. The second kappa shape index (κ2) is 3.30. The predicted molar refractivity (Wildman–Crippen MR) is 69.9 cm³/mol. The molecule has 3 fully saturated rings. The van der Waals surface area contributed by atoms with Crippen LogP contribution in [0, 0.1) is 11.3 Å². The zero-order valence-electron chi connectivity index (χ0n) is 11.9. The van der Waals surface area contributed by atoms with Crippen molar-refractivity contribution < 1.29 is 9.31 Å². The molecule has 3 rings (SSSR count). The quantitative estimate of drug-likeness (QED) is 0.647. The molecule has 1 spiro atoms. The Morgan fingerprint density at radius 1 is 1.00 bits per heavy atom. The molecule has 0 aromatic rings. The van der Waals surface area contributed by atoms with Gasteiger partial charge in [-0.3, -0.25) is 0 Å². The number of hydrogen-bond acceptors (Lipinski definition) is 2. The predicted octanol–water partition coefficient (Wildman–Crippen LogP) is 3.66. The zero-order chi connectivity index (χ0) is 12.5. The summed E-state index contributed by atoms with van der Waals surface area (Å²) in [5, 5.41) is 0. The molecule has 1 heterocycles. The van der Waals surface area contributed by atoms with Crippen molar-refractivity contribution in [2.75, 3.05) is 0 Å². The van der Waals surface area contributed by atoms with E-state index in [1.807, 2.05) is 0 Å². The van der Waals surface area contributed by atoms with Crippen LogP contribution in [0.3, 0.4) is 0 Å². The lowest BCUT2D eigenvalue weighted by atomic mass is 9.76. The van der Waals surface area contributed by atoms with Crippen LogP contribution in [0.2, 0.25) is 5.82 Å². The van der Waals surface area contributed by atoms with Crippen LogP contribution >= 0.6 is 0 Å². The average Bonchev–Trinajstić information content (AvgIpc) is 2.66. The van der Waals surface area contributed by atoms with Gasteiger partial charge in [-0.25, -0.2) is 0 Å². The Kier molecular flexibility index (Phi) is 2.34. The first-order valence-electron chi connectivity index (χ1n) is 7.11. The summed E-state index contributed by atoms with van der Waals surface area (Å²) in [6, 6.07) is 0. The van der Waals surface area contributed by atoms with Crippen LogP contribution in [0.4, 0.5) is 0 Å². The summed E-state index contributed by atoms with van der Waals surface area (Å²) in [5.41, 5.74) is 0.262. The SMILES string of the molecule is CC1CCC2(C1)CC2B1OC(C)(C)C(C)(C)O1. The van der Waals surface area contributed by atoms with E-state index >= 15 is 0 Å². The minimum atomic E-state index is -0.161. The molecule has 0 radical (unpaired) electrons. The molecular formula is C14H25BO2. The van der Waals surface area contributed by atoms with Gasteiger partial charge in [-0.05, 0) is 58.3 Å². The van der Waals surface area contributed by atoms with Gasteiger partial charge in [0, 0.05) is 5.82 Å². The Labute approximate surface area is 106 Å². The third-order valence-corrected chi connectivity index (χ3v) is 5.74. The average molecular weight is 236 g/mol. The minimum absolute atomic E-state index is 0.0466. The molecule has 2 saturated carbocycles. The fourth-order valence-electron chi connectivity index (χ4n) is 3.77. The highest BCUT2D eigenvalue weighted by atomic mass is 16.7. The Bertz CT molecular complexity index is 323. The standard InChI is InChI=1S/C14H25BO2/c1-10-6-7-14(8-10)9-11(14)15-16-12(2,3)13(4,5)17-15/h10-11H,6-9H2,1-5H3. The lowest BCUT2D eigenvalue weighted by molar-refractivity contribution is 0.00578. The van der Waals surface area contributed by atoms with Crippen LogP contribution in [0.5, 0.6) is 0 Å². The van der Waals surface area contributed by atoms with Crippen LogP contribution in [0.1, 0.15) is 60.3 Å². The summed E-state index contributed by atoms with van der Waals surface area (Å²) in [6.07, 6.45) is 5.51. The highest BCUT2D eigenvalue weighted by Crippen LogP contribution is 2.70. The van der Waals surface area contributed by atoms with Gasteiger partial charge < -0.3 is 9.31 Å². The second-order valence-electron chi connectivity index (χ2n) is 7.65. The maximum absolute atomic E-state index is 6.19. The van der Waals surface area contributed by atoms with Gasteiger partial charge in [-0.2, -0.15) is 0 Å². The molecule has 17 heavy (non-hydrogen) atoms. The normalized spacial score (nSPS) is 46.8. The smallest absolute Gasteiger partial charge is 0.403 e. The van der Waals surface area contributed by atoms with Crippen molar-refractivity contribution in [1.29, 1.82) is 0 Å². The molecule has 1 aliphatic heterocycles. The molecule has 0 aromatic carbocycles. The molecule has 3 atom stereocenters. The zero-order valence-corrected chi connectivity index (χ0v) is 11.9. The summed E-state index contributed by atoms with van der Waals surface area (Å²) in [5.74, 6) is 1.57. The molecule has 96 valence electrons. The van der Waals surface area contributed by atoms with E-state index in [1.165, 1.54) is 25.7 Å². The Morgan fingerprint density at radius 3 is 2.06 bits per heavy atom. The van der Waals surface area contributed by atoms with Crippen molar-refractivity contribution in [2.24, 2.45) is 11.3 Å². The Balaban J connectivity index is 1.70. The maximum Gasteiger partial charge on any atom is 0.461 e. The lowest BCUT2D eigenvalue weighted by Crippen LogP contribution is -2.41. The van der Waals surface area contributed by atoms with E-state index < -0.39 is 0 Å². The van der Waals surface area contributed by atoms with Crippen molar-refractivity contribution in [2.45, 2.75) is 77.3 Å². The summed E-state index contributed by atoms with van der Waals surface area (Å²) < 4.78 is 12.4. The number of hydrogen-bond donors (Lipinski definition) is 0. The largest absolute Gasteiger partial charge is 0.461 e. The molecule has 3 heteroatoms. The van der Waals surface area contributed by atoms with Crippen LogP contribution in [0.25, 0.3) is 0 Å². The van der Waals surface area contributed by atoms with Crippen molar-refractivity contribution in [1.82, 2.24) is 0 Å². The third-order valence-electron chi connectivity index (χ3n) is 5.74. The van der Waals surface area contributed by atoms with Gasteiger partial charge in [0.1, 0.15) is 0 Å². The van der Waals surface area contributed by atoms with Crippen molar-refractivity contribution in [3.63, 3.8) is 0 Å². The summed E-state index contributed by atoms with van der Waals surface area (Å²) in [4.78, 5) is 0. The van der Waals surface area contributed by atoms with Gasteiger partial charge >= 0.3 is 7.12 Å². The highest BCUT2D eigenvalue weighted by molar-refractivity contribution is 6.49. The Morgan fingerprint density at radius 2 is 1.59 bits per heavy atom. The Hall–Kier alpha value is -0.0151. The van der Waals surface area contributed by atoms with Gasteiger partial charge in [0.15, 0.2) is 0 Å². The van der Waals surface area contributed by atoms with Crippen molar-refractivity contribution >= 4 is 7.12 Å². The lowest BCUT2D eigenvalue weighted by Gasteiger charge is -2.32. The maximum atomic E-state index is 6.19. The van der Waals surface area contributed by atoms with Crippen molar-refractivity contribution in [3.8, 4) is 0 Å². The van der Waals surface area contributed by atoms with Crippen LogP contribution in [-0.2, 0) is 9.31 Å². The number of rotatable bonds is 1. The van der Waals surface area contributed by atoms with Crippen molar-refractivity contribution in [3.05, 3.63) is 0 Å². The monoisotopic (exact) mass is 236 g/mol.